The molecule has 0 spiro atoms. The Labute approximate surface area is 310 Å². The summed E-state index contributed by atoms with van der Waals surface area (Å²) in [6.45, 7) is 19.9. The lowest BCUT2D eigenvalue weighted by Crippen LogP contribution is -2.66. The van der Waals surface area contributed by atoms with E-state index in [1.165, 1.54) is 5.57 Å². The van der Waals surface area contributed by atoms with Crippen LogP contribution in [-0.4, -0.2) is 46.7 Å². The van der Waals surface area contributed by atoms with E-state index >= 15 is 0 Å². The molecule has 0 bridgehead atoms. The number of Topliss-reactive ketones (excluding diaryl/α,β-unsaturated/α-hetero) is 1. The minimum absolute atomic E-state index is 0.0211. The third kappa shape index (κ3) is 5.90. The first kappa shape index (κ1) is 38.3. The number of carbonyl (C=O) groups excluding carboxylic acids is 2. The van der Waals surface area contributed by atoms with E-state index in [9.17, 15) is 24.6 Å². The summed E-state index contributed by atoms with van der Waals surface area (Å²) in [7, 11) is 0. The van der Waals surface area contributed by atoms with Gasteiger partial charge in [0.05, 0.1) is 17.9 Å². The Hall–Kier alpha value is -2.38. The molecule has 9 atom stereocenters. The molecule has 3 N–H and O–H groups in total. The van der Waals surface area contributed by atoms with Crippen LogP contribution in [0.2, 0.25) is 5.02 Å². The number of ether oxygens (including phenoxy) is 1. The number of allylic oxidation sites excluding steroid dienone is 1. The van der Waals surface area contributed by atoms with Gasteiger partial charge in [-0.15, -0.1) is 0 Å². The molecule has 0 radical (unpaired) electrons. The zero-order valence-corrected chi connectivity index (χ0v) is 33.2. The largest absolute Gasteiger partial charge is 0.481 e. The molecule has 0 unspecified atom stereocenters. The molecule has 4 fully saturated rings. The van der Waals surface area contributed by atoms with Crippen LogP contribution < -0.4 is 5.32 Å². The Morgan fingerprint density at radius 1 is 0.941 bits per heavy atom. The van der Waals surface area contributed by atoms with E-state index in [4.69, 9.17) is 16.3 Å². The fourth-order valence-corrected chi connectivity index (χ4v) is 13.0. The number of nitrogens with one attached hydrogen (secondary N) is 1. The lowest BCUT2D eigenvalue weighted by Gasteiger charge is -2.72. The predicted molar refractivity (Wildman–Crippen MR) is 201 cm³/mol. The van der Waals surface area contributed by atoms with Crippen molar-refractivity contribution < 1.29 is 29.3 Å². The lowest BCUT2D eigenvalue weighted by molar-refractivity contribution is -0.235. The van der Waals surface area contributed by atoms with Gasteiger partial charge in [0.2, 0.25) is 0 Å². The maximum Gasteiger partial charge on any atom is 0.309 e. The van der Waals surface area contributed by atoms with Gasteiger partial charge >= 0.3 is 11.9 Å². The summed E-state index contributed by atoms with van der Waals surface area (Å²) >= 11 is 6.12. The summed E-state index contributed by atoms with van der Waals surface area (Å²) in [6, 6.07) is 7.55. The number of ketones is 1. The first-order valence-corrected chi connectivity index (χ1v) is 19.9. The SMILES string of the molecule is CC(C)C1=C2[C@H]3CC[C@@H]4[C@@]5(C)CC[C@H](OC(=O)CC(C)(C)C(=O)O)C(C)(C)[C@@H]5CC[C@@]4(C)[C@]3(C)CC[C@@]2([C@H](O)CNc2ccc(Cl)cc2)CC1=O. The molecule has 0 saturated heterocycles. The summed E-state index contributed by atoms with van der Waals surface area (Å²) < 4.78 is 6.16. The van der Waals surface area contributed by atoms with Crippen LogP contribution >= 0.6 is 11.6 Å². The molecule has 1 aromatic carbocycles. The van der Waals surface area contributed by atoms with Crippen molar-refractivity contribution in [2.24, 2.45) is 56.2 Å². The molecule has 5 aliphatic rings. The van der Waals surface area contributed by atoms with Crippen LogP contribution in [0.25, 0.3) is 0 Å². The van der Waals surface area contributed by atoms with Crippen LogP contribution in [0.4, 0.5) is 5.69 Å². The van der Waals surface area contributed by atoms with E-state index in [1.807, 2.05) is 24.3 Å². The number of aliphatic hydroxyl groups excluding tert-OH is 1. The fourth-order valence-electron chi connectivity index (χ4n) is 12.9. The maximum atomic E-state index is 14.0. The lowest BCUT2D eigenvalue weighted by atomic mass is 9.33. The molecule has 5 aliphatic carbocycles. The molecule has 0 amide bonds. The zero-order valence-electron chi connectivity index (χ0n) is 32.5. The van der Waals surface area contributed by atoms with Crippen LogP contribution in [0.5, 0.6) is 0 Å². The van der Waals surface area contributed by atoms with Crippen LogP contribution in [-0.2, 0) is 19.1 Å². The van der Waals surface area contributed by atoms with Gasteiger partial charge in [0.15, 0.2) is 5.78 Å². The molecule has 7 nitrogen and oxygen atoms in total. The number of hydrogen-bond acceptors (Lipinski definition) is 6. The minimum Gasteiger partial charge on any atom is -0.481 e. The highest BCUT2D eigenvalue weighted by molar-refractivity contribution is 6.30. The monoisotopic (exact) mass is 723 g/mol. The molecule has 0 heterocycles. The number of aliphatic carboxylic acids is 1. The van der Waals surface area contributed by atoms with Crippen molar-refractivity contribution in [1.82, 2.24) is 0 Å². The van der Waals surface area contributed by atoms with E-state index in [0.29, 0.717) is 29.8 Å². The van der Waals surface area contributed by atoms with Gasteiger partial charge in [-0.2, -0.15) is 0 Å². The predicted octanol–water partition coefficient (Wildman–Crippen LogP) is 9.51. The van der Waals surface area contributed by atoms with E-state index in [1.54, 1.807) is 13.8 Å². The normalized spacial score (nSPS) is 37.9. The number of carboxylic acids is 1. The second-order valence-electron chi connectivity index (χ2n) is 19.5. The maximum absolute atomic E-state index is 14.0. The Morgan fingerprint density at radius 3 is 2.24 bits per heavy atom. The Balaban J connectivity index is 1.28. The average molecular weight is 724 g/mol. The summed E-state index contributed by atoms with van der Waals surface area (Å²) in [4.78, 5) is 38.8. The van der Waals surface area contributed by atoms with Crippen molar-refractivity contribution in [2.75, 3.05) is 11.9 Å². The Morgan fingerprint density at radius 2 is 1.61 bits per heavy atom. The number of hydrogen-bond donors (Lipinski definition) is 3. The van der Waals surface area contributed by atoms with Gasteiger partial charge in [-0.1, -0.05) is 65.6 Å². The van der Waals surface area contributed by atoms with E-state index in [2.05, 4.69) is 53.8 Å². The van der Waals surface area contributed by atoms with Crippen LogP contribution in [0.3, 0.4) is 0 Å². The third-order valence-electron chi connectivity index (χ3n) is 15.8. The molecule has 1 aromatic rings. The molecule has 0 aromatic heterocycles. The standard InChI is InChI=1S/C43H62ClNO6/c1-25(2)35-29(46)22-43(32(47)24-45-27-12-10-26(44)11-13-27)21-20-41(8)28(36(35)43)14-15-31-40(7)18-17-33(51-34(48)23-38(3,4)37(49)50)39(5,6)30(40)16-19-42(31,41)9/h10-13,25,28,30-33,45,47H,14-24H2,1-9H3,(H,49,50)/t28-,30+,31-,32-,33+,40+,41-,42-,43+/m1/s1. The van der Waals surface area contributed by atoms with Crippen molar-refractivity contribution in [3.05, 3.63) is 40.4 Å². The smallest absolute Gasteiger partial charge is 0.309 e. The number of benzene rings is 1. The Bertz CT molecular complexity index is 1600. The molecule has 6 rings (SSSR count). The van der Waals surface area contributed by atoms with Crippen molar-refractivity contribution in [2.45, 2.75) is 139 Å². The van der Waals surface area contributed by atoms with Gasteiger partial charge in [0.1, 0.15) is 6.10 Å². The highest BCUT2D eigenvalue weighted by Gasteiger charge is 2.70. The molecule has 282 valence electrons. The summed E-state index contributed by atoms with van der Waals surface area (Å²) in [5, 5.41) is 25.8. The van der Waals surface area contributed by atoms with E-state index in [-0.39, 0.29) is 51.8 Å². The second kappa shape index (κ2) is 12.9. The van der Waals surface area contributed by atoms with Crippen molar-refractivity contribution >= 4 is 35.0 Å². The quantitative estimate of drug-likeness (QED) is 0.218. The van der Waals surface area contributed by atoms with Crippen molar-refractivity contribution in [3.63, 3.8) is 0 Å². The molecule has 8 heteroatoms. The Kier molecular flexibility index (Phi) is 9.69. The van der Waals surface area contributed by atoms with E-state index in [0.717, 1.165) is 62.6 Å². The first-order chi connectivity index (χ1) is 23.6. The minimum atomic E-state index is -1.17. The summed E-state index contributed by atoms with van der Waals surface area (Å²) in [5.41, 5.74) is 1.28. The number of carbonyl (C=O) groups is 3. The highest BCUT2D eigenvalue weighted by atomic mass is 35.5. The van der Waals surface area contributed by atoms with Gasteiger partial charge < -0.3 is 20.3 Å². The van der Waals surface area contributed by atoms with Gasteiger partial charge in [0.25, 0.3) is 0 Å². The van der Waals surface area contributed by atoms with Crippen molar-refractivity contribution in [3.8, 4) is 0 Å². The molecular weight excluding hydrogens is 662 g/mol. The summed E-state index contributed by atoms with van der Waals surface area (Å²) in [6.07, 6.45) is 7.07. The van der Waals surface area contributed by atoms with Crippen LogP contribution in [0.1, 0.15) is 127 Å². The first-order valence-electron chi connectivity index (χ1n) is 19.5. The molecule has 51 heavy (non-hydrogen) atoms. The van der Waals surface area contributed by atoms with Gasteiger partial charge in [-0.25, -0.2) is 0 Å². The number of esters is 1. The number of aliphatic hydroxyl groups is 1. The van der Waals surface area contributed by atoms with Gasteiger partial charge in [-0.3, -0.25) is 14.4 Å². The second-order valence-corrected chi connectivity index (χ2v) is 19.9. The zero-order chi connectivity index (χ0) is 37.5. The van der Waals surface area contributed by atoms with Crippen LogP contribution in [0, 0.1) is 56.2 Å². The molecular formula is C43H62ClNO6. The number of anilines is 1. The van der Waals surface area contributed by atoms with E-state index < -0.39 is 28.9 Å². The van der Waals surface area contributed by atoms with Crippen molar-refractivity contribution in [1.29, 1.82) is 0 Å². The number of rotatable bonds is 9. The number of fused-ring (bicyclic) bond motifs is 7. The fraction of sp³-hybridized carbons (Fsp3) is 0.744. The van der Waals surface area contributed by atoms with Gasteiger partial charge in [-0.05, 0) is 135 Å². The number of carboxylic acid groups (broad SMARTS) is 1. The molecule has 4 saturated carbocycles. The molecule has 0 aliphatic heterocycles. The average Bonchev–Trinajstić information content (AvgIpc) is 3.35. The van der Waals surface area contributed by atoms with Crippen LogP contribution in [0.15, 0.2) is 35.4 Å². The van der Waals surface area contributed by atoms with Gasteiger partial charge in [0, 0.05) is 34.5 Å². The summed E-state index contributed by atoms with van der Waals surface area (Å²) in [5.74, 6) is -0.00187. The topological polar surface area (TPSA) is 113 Å². The third-order valence-corrected chi connectivity index (χ3v) is 16.1. The number of halogens is 1. The highest BCUT2D eigenvalue weighted by Crippen LogP contribution is 2.77.